The molecule has 1 aromatic carbocycles. The van der Waals surface area contributed by atoms with Crippen molar-refractivity contribution in [3.63, 3.8) is 0 Å². The summed E-state index contributed by atoms with van der Waals surface area (Å²) in [6.45, 7) is 0. The van der Waals surface area contributed by atoms with Gasteiger partial charge >= 0.3 is 0 Å². The Morgan fingerprint density at radius 2 is 2.17 bits per heavy atom. The number of benzene rings is 1. The minimum atomic E-state index is -0.111. The zero-order chi connectivity index (χ0) is 12.5. The van der Waals surface area contributed by atoms with Crippen molar-refractivity contribution < 1.29 is 4.79 Å². The van der Waals surface area contributed by atoms with Crippen LogP contribution in [0.1, 0.15) is 16.8 Å². The van der Waals surface area contributed by atoms with Crippen LogP contribution in [0.5, 0.6) is 0 Å². The lowest BCUT2D eigenvalue weighted by Crippen LogP contribution is -2.03. The van der Waals surface area contributed by atoms with Crippen LogP contribution in [-0.4, -0.2) is 16.1 Å². The first-order valence-corrected chi connectivity index (χ1v) is 6.04. The van der Waals surface area contributed by atoms with E-state index in [0.717, 1.165) is 16.8 Å². The third kappa shape index (κ3) is 1.71. The standard InChI is InChI=1S/C13H10ClN3O/c14-6-8-7-15-17-12(8)5-10-9-3-1-2-4-11(9)16-13(10)18/h1-5,7H,6H2,(H,15,17)(H,16,18). The third-order valence-corrected chi connectivity index (χ3v) is 3.18. The Labute approximate surface area is 109 Å². The number of hydrogen-bond acceptors (Lipinski definition) is 2. The summed E-state index contributed by atoms with van der Waals surface area (Å²) < 4.78 is 0. The number of hydrogen-bond donors (Lipinski definition) is 2. The van der Waals surface area contributed by atoms with Crippen molar-refractivity contribution in [2.45, 2.75) is 5.88 Å². The van der Waals surface area contributed by atoms with E-state index in [0.29, 0.717) is 17.1 Å². The van der Waals surface area contributed by atoms with Gasteiger partial charge in [0.15, 0.2) is 0 Å². The van der Waals surface area contributed by atoms with Crippen LogP contribution in [-0.2, 0) is 10.7 Å². The highest BCUT2D eigenvalue weighted by molar-refractivity contribution is 6.34. The van der Waals surface area contributed by atoms with Gasteiger partial charge in [-0.3, -0.25) is 9.89 Å². The second-order valence-corrected chi connectivity index (χ2v) is 4.25. The van der Waals surface area contributed by atoms with E-state index in [1.54, 1.807) is 12.3 Å². The van der Waals surface area contributed by atoms with E-state index in [4.69, 9.17) is 11.6 Å². The van der Waals surface area contributed by atoms with Crippen molar-refractivity contribution in [2.75, 3.05) is 5.32 Å². The quantitative estimate of drug-likeness (QED) is 0.643. The summed E-state index contributed by atoms with van der Waals surface area (Å²) in [6, 6.07) is 7.58. The number of anilines is 1. The molecule has 0 fully saturated rings. The molecule has 5 heteroatoms. The molecule has 1 aliphatic heterocycles. The first-order chi connectivity index (χ1) is 8.79. The highest BCUT2D eigenvalue weighted by Gasteiger charge is 2.23. The average Bonchev–Trinajstić information content (AvgIpc) is 2.95. The number of carbonyl (C=O) groups is 1. The molecule has 0 saturated heterocycles. The second-order valence-electron chi connectivity index (χ2n) is 3.99. The molecule has 0 atom stereocenters. The fourth-order valence-corrected chi connectivity index (χ4v) is 2.19. The molecular formula is C13H10ClN3O. The Bertz CT molecular complexity index is 645. The zero-order valence-electron chi connectivity index (χ0n) is 9.40. The smallest absolute Gasteiger partial charge is 0.256 e. The number of H-pyrrole nitrogens is 1. The number of carbonyl (C=O) groups excluding carboxylic acids is 1. The minimum absolute atomic E-state index is 0.111. The molecule has 0 saturated carbocycles. The average molecular weight is 260 g/mol. The van der Waals surface area contributed by atoms with Gasteiger partial charge in [0.25, 0.3) is 5.91 Å². The molecule has 4 nitrogen and oxygen atoms in total. The maximum Gasteiger partial charge on any atom is 0.256 e. The molecule has 1 amide bonds. The molecule has 2 heterocycles. The number of fused-ring (bicyclic) bond motifs is 1. The number of para-hydroxylation sites is 1. The van der Waals surface area contributed by atoms with Crippen molar-refractivity contribution in [1.82, 2.24) is 10.2 Å². The summed E-state index contributed by atoms with van der Waals surface area (Å²) in [7, 11) is 0. The SMILES string of the molecule is O=C1Nc2ccccc2C1=Cc1n[nH]cc1CCl. The van der Waals surface area contributed by atoms with Crippen LogP contribution >= 0.6 is 11.6 Å². The van der Waals surface area contributed by atoms with Gasteiger partial charge < -0.3 is 5.32 Å². The number of nitrogens with one attached hydrogen (secondary N) is 2. The Kier molecular flexibility index (Phi) is 2.64. The van der Waals surface area contributed by atoms with Gasteiger partial charge in [0.2, 0.25) is 0 Å². The number of rotatable bonds is 2. The van der Waals surface area contributed by atoms with Gasteiger partial charge in [-0.1, -0.05) is 18.2 Å². The Morgan fingerprint density at radius 3 is 3.00 bits per heavy atom. The molecule has 18 heavy (non-hydrogen) atoms. The molecule has 0 bridgehead atoms. The highest BCUT2D eigenvalue weighted by Crippen LogP contribution is 2.32. The lowest BCUT2D eigenvalue weighted by molar-refractivity contribution is -0.110. The van der Waals surface area contributed by atoms with Crippen LogP contribution in [0.3, 0.4) is 0 Å². The molecular weight excluding hydrogens is 250 g/mol. The molecule has 1 aromatic heterocycles. The normalized spacial score (nSPS) is 15.8. The van der Waals surface area contributed by atoms with Crippen LogP contribution < -0.4 is 5.32 Å². The van der Waals surface area contributed by atoms with Gasteiger partial charge in [-0.25, -0.2) is 0 Å². The molecule has 1 aliphatic rings. The highest BCUT2D eigenvalue weighted by atomic mass is 35.5. The van der Waals surface area contributed by atoms with Crippen LogP contribution in [0, 0.1) is 0 Å². The monoisotopic (exact) mass is 259 g/mol. The largest absolute Gasteiger partial charge is 0.321 e. The fourth-order valence-electron chi connectivity index (χ4n) is 1.98. The predicted molar refractivity (Wildman–Crippen MR) is 71.1 cm³/mol. The second kappa shape index (κ2) is 4.31. The Balaban J connectivity index is 2.10. The molecule has 0 aliphatic carbocycles. The topological polar surface area (TPSA) is 57.8 Å². The van der Waals surface area contributed by atoms with Gasteiger partial charge in [-0.2, -0.15) is 5.10 Å². The third-order valence-electron chi connectivity index (χ3n) is 2.89. The minimum Gasteiger partial charge on any atom is -0.321 e. The van der Waals surface area contributed by atoms with Crippen LogP contribution in [0.25, 0.3) is 11.6 Å². The van der Waals surface area contributed by atoms with Gasteiger partial charge in [-0.15, -0.1) is 11.6 Å². The maximum atomic E-state index is 11.9. The number of alkyl halides is 1. The fraction of sp³-hybridized carbons (Fsp3) is 0.0769. The number of aromatic amines is 1. The first kappa shape index (κ1) is 11.0. The van der Waals surface area contributed by atoms with Gasteiger partial charge in [-0.05, 0) is 12.1 Å². The number of amides is 1. The van der Waals surface area contributed by atoms with Crippen molar-refractivity contribution in [3.05, 3.63) is 47.3 Å². The first-order valence-electron chi connectivity index (χ1n) is 5.50. The Morgan fingerprint density at radius 1 is 1.33 bits per heavy atom. The summed E-state index contributed by atoms with van der Waals surface area (Å²) in [5.41, 5.74) is 3.92. The summed E-state index contributed by atoms with van der Waals surface area (Å²) in [5, 5.41) is 9.66. The van der Waals surface area contributed by atoms with Gasteiger partial charge in [0, 0.05) is 23.0 Å². The number of halogens is 1. The summed E-state index contributed by atoms with van der Waals surface area (Å²) >= 11 is 5.81. The van der Waals surface area contributed by atoms with E-state index in [2.05, 4.69) is 15.5 Å². The van der Waals surface area contributed by atoms with E-state index >= 15 is 0 Å². The van der Waals surface area contributed by atoms with Crippen LogP contribution in [0.2, 0.25) is 0 Å². The Hall–Kier alpha value is -2.07. The summed E-state index contributed by atoms with van der Waals surface area (Å²) in [5.74, 6) is 0.249. The molecule has 0 radical (unpaired) electrons. The lowest BCUT2D eigenvalue weighted by Gasteiger charge is -1.97. The number of aromatic nitrogens is 2. The zero-order valence-corrected chi connectivity index (χ0v) is 10.2. The number of nitrogens with zero attached hydrogens (tertiary/aromatic N) is 1. The molecule has 2 aromatic rings. The molecule has 2 N–H and O–H groups in total. The maximum absolute atomic E-state index is 11.9. The van der Waals surface area contributed by atoms with E-state index < -0.39 is 0 Å². The van der Waals surface area contributed by atoms with E-state index in [9.17, 15) is 4.79 Å². The van der Waals surface area contributed by atoms with Crippen molar-refractivity contribution in [2.24, 2.45) is 0 Å². The molecule has 3 rings (SSSR count). The van der Waals surface area contributed by atoms with Crippen LogP contribution in [0.4, 0.5) is 5.69 Å². The van der Waals surface area contributed by atoms with Crippen LogP contribution in [0.15, 0.2) is 30.5 Å². The van der Waals surface area contributed by atoms with E-state index in [1.165, 1.54) is 0 Å². The summed E-state index contributed by atoms with van der Waals surface area (Å²) in [4.78, 5) is 11.9. The lowest BCUT2D eigenvalue weighted by atomic mass is 10.1. The van der Waals surface area contributed by atoms with E-state index in [-0.39, 0.29) is 5.91 Å². The molecule has 0 spiro atoms. The van der Waals surface area contributed by atoms with Crippen molar-refractivity contribution >= 4 is 34.8 Å². The van der Waals surface area contributed by atoms with Crippen molar-refractivity contribution in [3.8, 4) is 0 Å². The van der Waals surface area contributed by atoms with E-state index in [1.807, 2.05) is 24.3 Å². The van der Waals surface area contributed by atoms with Gasteiger partial charge in [0.1, 0.15) is 0 Å². The van der Waals surface area contributed by atoms with Crippen molar-refractivity contribution in [1.29, 1.82) is 0 Å². The van der Waals surface area contributed by atoms with Gasteiger partial charge in [0.05, 0.1) is 17.1 Å². The molecule has 90 valence electrons. The predicted octanol–water partition coefficient (Wildman–Crippen LogP) is 2.64. The molecule has 0 unspecified atom stereocenters. The summed E-state index contributed by atoms with van der Waals surface area (Å²) in [6.07, 6.45) is 3.49.